The van der Waals surface area contributed by atoms with E-state index in [1.54, 1.807) is 16.8 Å². The molecule has 0 aliphatic carbocycles. The Bertz CT molecular complexity index is 1160. The second-order valence-electron chi connectivity index (χ2n) is 10.5. The number of aromatic nitrogens is 3. The maximum absolute atomic E-state index is 12.5. The van der Waals surface area contributed by atoms with Crippen molar-refractivity contribution < 1.29 is 19.4 Å². The van der Waals surface area contributed by atoms with E-state index in [4.69, 9.17) is 9.84 Å². The lowest BCUT2D eigenvalue weighted by Crippen LogP contribution is -2.40. The molecule has 2 heterocycles. The number of carbonyl (C=O) groups is 1. The fourth-order valence-electron chi connectivity index (χ4n) is 5.52. The van der Waals surface area contributed by atoms with Gasteiger partial charge >= 0.3 is 0 Å². The van der Waals surface area contributed by atoms with Gasteiger partial charge in [0.1, 0.15) is 0 Å². The average molecular weight is 523 g/mol. The molecule has 1 aromatic heterocycles. The summed E-state index contributed by atoms with van der Waals surface area (Å²) in [7, 11) is -2.46. The van der Waals surface area contributed by atoms with Crippen LogP contribution in [0, 0.1) is 5.92 Å². The molecule has 4 rings (SSSR count). The Morgan fingerprint density at radius 1 is 1.08 bits per heavy atom. The van der Waals surface area contributed by atoms with Crippen LogP contribution < -0.4 is 5.32 Å². The van der Waals surface area contributed by atoms with E-state index in [0.29, 0.717) is 18.5 Å². The second kappa shape index (κ2) is 12.1. The van der Waals surface area contributed by atoms with Gasteiger partial charge in [-0.25, -0.2) is 0 Å². The lowest BCUT2D eigenvalue weighted by molar-refractivity contribution is 0.0245. The Hall–Kier alpha value is -2.85. The maximum atomic E-state index is 12.5. The molecular weight excluding hydrogens is 484 g/mol. The molecule has 3 N–H and O–H groups in total. The molecule has 1 aliphatic heterocycles. The number of ether oxygens (including phenoxy) is 1. The zero-order chi connectivity index (χ0) is 26.4. The highest BCUT2D eigenvalue weighted by molar-refractivity contribution is 6.71. The number of amides is 1. The van der Waals surface area contributed by atoms with E-state index in [-0.39, 0.29) is 36.2 Å². The molecule has 1 amide bonds. The molecule has 0 unspecified atom stereocenters. The largest absolute Gasteiger partial charge is 0.432 e. The van der Waals surface area contributed by atoms with Crippen LogP contribution in [0.2, 0.25) is 18.6 Å². The molecule has 4 atom stereocenters. The van der Waals surface area contributed by atoms with Gasteiger partial charge in [0.2, 0.25) is 0 Å². The molecule has 8 nitrogen and oxygen atoms in total. The van der Waals surface area contributed by atoms with Crippen LogP contribution in [0.3, 0.4) is 0 Å². The number of nitrogens with one attached hydrogen (secondary N) is 1. The van der Waals surface area contributed by atoms with Crippen LogP contribution in [0.5, 0.6) is 0 Å². The third-order valence-electron chi connectivity index (χ3n) is 7.25. The smallest absolute Gasteiger partial charge is 0.255 e. The van der Waals surface area contributed by atoms with Gasteiger partial charge in [-0.3, -0.25) is 9.48 Å². The summed E-state index contributed by atoms with van der Waals surface area (Å²) in [6, 6.07) is 17.2. The number of anilines is 1. The Balaban J connectivity index is 1.36. The van der Waals surface area contributed by atoms with Crippen LogP contribution >= 0.6 is 0 Å². The zero-order valence-corrected chi connectivity index (χ0v) is 22.9. The highest BCUT2D eigenvalue weighted by atomic mass is 28.4. The van der Waals surface area contributed by atoms with E-state index in [1.165, 1.54) is 0 Å². The van der Waals surface area contributed by atoms with E-state index in [0.717, 1.165) is 36.2 Å². The molecule has 0 spiro atoms. The molecule has 3 aromatic rings. The quantitative estimate of drug-likeness (QED) is 0.328. The van der Waals surface area contributed by atoms with Crippen molar-refractivity contribution in [3.63, 3.8) is 0 Å². The van der Waals surface area contributed by atoms with Crippen molar-refractivity contribution in [3.8, 4) is 0 Å². The molecule has 0 radical (unpaired) electrons. The van der Waals surface area contributed by atoms with Gasteiger partial charge in [0, 0.05) is 42.6 Å². The molecule has 37 heavy (non-hydrogen) atoms. The Morgan fingerprint density at radius 3 is 2.59 bits per heavy atom. The summed E-state index contributed by atoms with van der Waals surface area (Å²) in [5.74, 6) is 0.125. The van der Waals surface area contributed by atoms with Gasteiger partial charge in [0.25, 0.3) is 5.91 Å². The molecule has 1 aliphatic rings. The molecule has 9 heteroatoms. The lowest BCUT2D eigenvalue weighted by Gasteiger charge is -2.30. The highest BCUT2D eigenvalue weighted by Gasteiger charge is 2.49. The van der Waals surface area contributed by atoms with Crippen molar-refractivity contribution in [3.05, 3.63) is 77.6 Å². The Morgan fingerprint density at radius 2 is 1.86 bits per heavy atom. The third-order valence-corrected chi connectivity index (χ3v) is 9.78. The minimum absolute atomic E-state index is 0.0337. The van der Waals surface area contributed by atoms with Crippen molar-refractivity contribution in [1.29, 1.82) is 0 Å². The van der Waals surface area contributed by atoms with Crippen molar-refractivity contribution in [1.82, 2.24) is 15.0 Å². The first-order chi connectivity index (χ1) is 17.7. The van der Waals surface area contributed by atoms with Gasteiger partial charge in [-0.2, -0.15) is 0 Å². The Labute approximate surface area is 219 Å². The SMILES string of the molecule is C[C@@H]1[C@@H]([Si](C)(C)O)[C@H](CCn2cc(CCO)nn2)O[C@@H]1CCc1cccc(NC(=O)c2ccccc2)c1. The number of rotatable bonds is 11. The summed E-state index contributed by atoms with van der Waals surface area (Å²) in [5.41, 5.74) is 3.46. The molecule has 1 fully saturated rings. The lowest BCUT2D eigenvalue weighted by atomic mass is 9.95. The average Bonchev–Trinajstić information content (AvgIpc) is 3.45. The van der Waals surface area contributed by atoms with Gasteiger partial charge in [0.15, 0.2) is 8.32 Å². The molecule has 198 valence electrons. The molecular formula is C28H38N4O4Si. The predicted octanol–water partition coefficient (Wildman–Crippen LogP) is 4.06. The minimum Gasteiger partial charge on any atom is -0.432 e. The molecule has 0 saturated carbocycles. The summed E-state index contributed by atoms with van der Waals surface area (Å²) < 4.78 is 8.36. The van der Waals surface area contributed by atoms with E-state index < -0.39 is 8.32 Å². The summed E-state index contributed by atoms with van der Waals surface area (Å²) in [5, 5.41) is 20.4. The number of aryl methyl sites for hydroxylation is 2. The van der Waals surface area contributed by atoms with Gasteiger partial charge in [-0.15, -0.1) is 5.10 Å². The first-order valence-electron chi connectivity index (χ1n) is 13.1. The number of nitrogens with zero attached hydrogens (tertiary/aromatic N) is 3. The highest BCUT2D eigenvalue weighted by Crippen LogP contribution is 2.45. The van der Waals surface area contributed by atoms with E-state index >= 15 is 0 Å². The first-order valence-corrected chi connectivity index (χ1v) is 16.1. The number of aliphatic hydroxyl groups is 1. The van der Waals surface area contributed by atoms with Crippen molar-refractivity contribution in [2.24, 2.45) is 5.92 Å². The van der Waals surface area contributed by atoms with Crippen molar-refractivity contribution in [2.45, 2.75) is 70.0 Å². The van der Waals surface area contributed by atoms with Crippen LogP contribution in [0.25, 0.3) is 0 Å². The van der Waals surface area contributed by atoms with E-state index in [2.05, 4.69) is 28.6 Å². The van der Waals surface area contributed by atoms with Crippen LogP contribution in [0.15, 0.2) is 60.8 Å². The number of hydrogen-bond donors (Lipinski definition) is 3. The monoisotopic (exact) mass is 522 g/mol. The molecule has 1 saturated heterocycles. The fraction of sp³-hybridized carbons (Fsp3) is 0.464. The van der Waals surface area contributed by atoms with E-state index in [9.17, 15) is 9.59 Å². The van der Waals surface area contributed by atoms with Crippen molar-refractivity contribution >= 4 is 19.9 Å². The number of benzene rings is 2. The van der Waals surface area contributed by atoms with Crippen LogP contribution in [0.1, 0.15) is 41.4 Å². The summed E-state index contributed by atoms with van der Waals surface area (Å²) in [6.07, 6.45) is 4.81. The molecule has 2 aromatic carbocycles. The summed E-state index contributed by atoms with van der Waals surface area (Å²) in [4.78, 5) is 23.6. The summed E-state index contributed by atoms with van der Waals surface area (Å²) >= 11 is 0. The summed E-state index contributed by atoms with van der Waals surface area (Å²) in [6.45, 7) is 6.91. The van der Waals surface area contributed by atoms with Gasteiger partial charge in [-0.1, -0.05) is 42.5 Å². The van der Waals surface area contributed by atoms with Crippen molar-refractivity contribution in [2.75, 3.05) is 11.9 Å². The van der Waals surface area contributed by atoms with Crippen LogP contribution in [0.4, 0.5) is 5.69 Å². The second-order valence-corrected chi connectivity index (χ2v) is 14.5. The minimum atomic E-state index is -2.46. The number of aliphatic hydroxyl groups excluding tert-OH is 1. The standard InChI is InChI=1S/C28H38N4O4Si/c1-20-25(13-12-21-8-7-11-23(18-21)29-28(34)22-9-5-4-6-10-22)36-26(27(20)37(2,3)35)14-16-32-19-24(15-17-33)30-31-32/h4-11,18-20,25-27,33,35H,12-17H2,1-3H3,(H,29,34)/t20-,25+,26-,27+/m0/s1. The van der Waals surface area contributed by atoms with Gasteiger partial charge in [0.05, 0.1) is 17.9 Å². The maximum Gasteiger partial charge on any atom is 0.255 e. The molecule has 0 bridgehead atoms. The third kappa shape index (κ3) is 7.13. The zero-order valence-electron chi connectivity index (χ0n) is 21.9. The first kappa shape index (κ1) is 27.2. The van der Waals surface area contributed by atoms with E-state index in [1.807, 2.05) is 55.7 Å². The van der Waals surface area contributed by atoms with Crippen LogP contribution in [-0.2, 0) is 24.1 Å². The predicted molar refractivity (Wildman–Crippen MR) is 146 cm³/mol. The van der Waals surface area contributed by atoms with Gasteiger partial charge < -0.3 is 20.0 Å². The normalized spacial score (nSPS) is 21.8. The number of hydrogen-bond acceptors (Lipinski definition) is 6. The fourth-order valence-corrected chi connectivity index (χ4v) is 8.18. The van der Waals surface area contributed by atoms with Gasteiger partial charge in [-0.05, 0) is 68.1 Å². The topological polar surface area (TPSA) is 110 Å². The Kier molecular flexibility index (Phi) is 8.91. The number of carbonyl (C=O) groups excluding carboxylic acids is 1. The van der Waals surface area contributed by atoms with Crippen LogP contribution in [-0.4, -0.2) is 57.9 Å².